The van der Waals surface area contributed by atoms with Gasteiger partial charge >= 0.3 is 0 Å². The van der Waals surface area contributed by atoms with Gasteiger partial charge in [-0.15, -0.1) is 11.3 Å². The van der Waals surface area contributed by atoms with E-state index >= 15 is 0 Å². The van der Waals surface area contributed by atoms with Crippen LogP contribution < -0.4 is 4.72 Å². The number of nitrogens with one attached hydrogen (secondary N) is 1. The van der Waals surface area contributed by atoms with Gasteiger partial charge in [0.15, 0.2) is 0 Å². The number of hydrogen-bond acceptors (Lipinski definition) is 5. The molecule has 1 aliphatic heterocycles. The van der Waals surface area contributed by atoms with Crippen LogP contribution in [0, 0.1) is 0 Å². The summed E-state index contributed by atoms with van der Waals surface area (Å²) in [5, 5.41) is 0.948. The van der Waals surface area contributed by atoms with Crippen molar-refractivity contribution < 1.29 is 13.2 Å². The lowest BCUT2D eigenvalue weighted by Crippen LogP contribution is -2.30. The summed E-state index contributed by atoms with van der Waals surface area (Å²) in [7, 11) is -3.73. The van der Waals surface area contributed by atoms with Gasteiger partial charge in [0.2, 0.25) is 0 Å². The molecule has 1 unspecified atom stereocenters. The zero-order valence-electron chi connectivity index (χ0n) is 17.1. The quantitative estimate of drug-likeness (QED) is 0.448. The number of carbonyl (C=O) groups excluding carboxylic acids is 1. The van der Waals surface area contributed by atoms with Gasteiger partial charge in [-0.3, -0.25) is 9.52 Å². The van der Waals surface area contributed by atoms with Crippen molar-refractivity contribution in [1.29, 1.82) is 0 Å². The van der Waals surface area contributed by atoms with Crippen molar-refractivity contribution in [1.82, 2.24) is 9.88 Å². The van der Waals surface area contributed by atoms with Crippen LogP contribution in [0.1, 0.15) is 34.2 Å². The third-order valence-electron chi connectivity index (χ3n) is 5.55. The van der Waals surface area contributed by atoms with E-state index in [1.54, 1.807) is 47.7 Å². The average molecular weight is 464 g/mol. The molecule has 0 saturated carbocycles. The molecule has 1 aliphatic rings. The maximum Gasteiger partial charge on any atom is 0.261 e. The van der Waals surface area contributed by atoms with Crippen molar-refractivity contribution in [2.24, 2.45) is 0 Å². The lowest BCUT2D eigenvalue weighted by atomic mass is 10.1. The number of fused-ring (bicyclic) bond motifs is 1. The van der Waals surface area contributed by atoms with Gasteiger partial charge in [-0.25, -0.2) is 13.4 Å². The third kappa shape index (κ3) is 3.99. The van der Waals surface area contributed by atoms with Crippen LogP contribution >= 0.6 is 11.3 Å². The highest BCUT2D eigenvalue weighted by Gasteiger charge is 2.33. The Labute approximate surface area is 190 Å². The van der Waals surface area contributed by atoms with Gasteiger partial charge in [0, 0.05) is 17.8 Å². The van der Waals surface area contributed by atoms with Crippen LogP contribution in [-0.2, 0) is 10.0 Å². The molecular formula is C24H21N3O3S2. The number of sulfonamides is 1. The molecule has 6 nitrogen and oxygen atoms in total. The summed E-state index contributed by atoms with van der Waals surface area (Å²) in [6.07, 6.45) is 1.79. The van der Waals surface area contributed by atoms with Crippen LogP contribution in [0.3, 0.4) is 0 Å². The van der Waals surface area contributed by atoms with E-state index in [2.05, 4.69) is 4.72 Å². The van der Waals surface area contributed by atoms with Gasteiger partial charge in [-0.1, -0.05) is 30.3 Å². The molecule has 0 radical (unpaired) electrons. The first-order chi connectivity index (χ1) is 15.5. The van der Waals surface area contributed by atoms with E-state index in [9.17, 15) is 13.2 Å². The van der Waals surface area contributed by atoms with Crippen LogP contribution in [0.5, 0.6) is 0 Å². The van der Waals surface area contributed by atoms with Crippen molar-refractivity contribution in [3.63, 3.8) is 0 Å². The number of benzene rings is 3. The van der Waals surface area contributed by atoms with Crippen molar-refractivity contribution in [2.45, 2.75) is 23.8 Å². The van der Waals surface area contributed by atoms with Crippen molar-refractivity contribution in [2.75, 3.05) is 11.3 Å². The molecule has 0 spiro atoms. The minimum Gasteiger partial charge on any atom is -0.329 e. The monoisotopic (exact) mass is 463 g/mol. The summed E-state index contributed by atoms with van der Waals surface area (Å²) in [5.74, 6) is -0.105. The molecule has 5 rings (SSSR count). The molecule has 1 amide bonds. The number of amides is 1. The van der Waals surface area contributed by atoms with E-state index in [-0.39, 0.29) is 16.8 Å². The SMILES string of the molecule is O=C(c1ccc(S(=O)(=O)Nc2ccccc2)cc1)N1CCCC1c1nc2ccccc2s1. The fourth-order valence-electron chi connectivity index (χ4n) is 3.96. The lowest BCUT2D eigenvalue weighted by molar-refractivity contribution is 0.0735. The predicted molar refractivity (Wildman–Crippen MR) is 126 cm³/mol. The van der Waals surface area contributed by atoms with E-state index in [1.165, 1.54) is 12.1 Å². The molecule has 0 bridgehead atoms. The highest BCUT2D eigenvalue weighted by molar-refractivity contribution is 7.92. The normalized spacial score (nSPS) is 16.4. The fraction of sp³-hybridized carbons (Fsp3) is 0.167. The number of anilines is 1. The number of carbonyl (C=O) groups is 1. The van der Waals surface area contributed by atoms with Gasteiger partial charge in [0.25, 0.3) is 15.9 Å². The molecule has 8 heteroatoms. The van der Waals surface area contributed by atoms with Gasteiger partial charge in [-0.2, -0.15) is 0 Å². The standard InChI is InChI=1S/C24H21N3O3S2/c28-24(27-16-6-10-21(27)23-25-20-9-4-5-11-22(20)31-23)17-12-14-19(15-13-17)32(29,30)26-18-7-2-1-3-8-18/h1-5,7-9,11-15,21,26H,6,10,16H2. The number of hydrogen-bond donors (Lipinski definition) is 1. The molecule has 0 aliphatic carbocycles. The molecule has 32 heavy (non-hydrogen) atoms. The number of aromatic nitrogens is 1. The van der Waals surface area contributed by atoms with Gasteiger partial charge < -0.3 is 4.90 Å². The zero-order chi connectivity index (χ0) is 22.1. The summed E-state index contributed by atoms with van der Waals surface area (Å²) in [4.78, 5) is 19.9. The Bertz CT molecular complexity index is 1330. The maximum absolute atomic E-state index is 13.2. The second-order valence-electron chi connectivity index (χ2n) is 7.67. The molecule has 162 valence electrons. The molecule has 3 aromatic carbocycles. The first-order valence-corrected chi connectivity index (χ1v) is 12.7. The van der Waals surface area contributed by atoms with Crippen molar-refractivity contribution in [3.8, 4) is 0 Å². The number of para-hydroxylation sites is 2. The van der Waals surface area contributed by atoms with Crippen LogP contribution in [0.2, 0.25) is 0 Å². The van der Waals surface area contributed by atoms with Crippen LogP contribution in [-0.4, -0.2) is 30.8 Å². The highest BCUT2D eigenvalue weighted by Crippen LogP contribution is 2.37. The molecule has 1 atom stereocenters. The van der Waals surface area contributed by atoms with Gasteiger partial charge in [0.05, 0.1) is 21.2 Å². The van der Waals surface area contributed by atoms with E-state index in [0.717, 1.165) is 28.1 Å². The summed E-state index contributed by atoms with van der Waals surface area (Å²) >= 11 is 1.63. The van der Waals surface area contributed by atoms with E-state index < -0.39 is 10.0 Å². The molecule has 2 heterocycles. The largest absolute Gasteiger partial charge is 0.329 e. The van der Waals surface area contributed by atoms with Gasteiger partial charge in [0.1, 0.15) is 5.01 Å². The Kier molecular flexibility index (Phi) is 5.40. The first-order valence-electron chi connectivity index (χ1n) is 10.4. The Morgan fingerprint density at radius 3 is 2.44 bits per heavy atom. The summed E-state index contributed by atoms with van der Waals surface area (Å²) in [6, 6.07) is 22.7. The molecule has 4 aromatic rings. The fourth-order valence-corrected chi connectivity index (χ4v) is 6.14. The molecule has 1 aromatic heterocycles. The van der Waals surface area contributed by atoms with E-state index in [0.29, 0.717) is 17.8 Å². The second-order valence-corrected chi connectivity index (χ2v) is 10.4. The minimum absolute atomic E-state index is 0.0527. The minimum atomic E-state index is -3.73. The van der Waals surface area contributed by atoms with E-state index in [4.69, 9.17) is 4.98 Å². The zero-order valence-corrected chi connectivity index (χ0v) is 18.8. The van der Waals surface area contributed by atoms with Crippen LogP contribution in [0.25, 0.3) is 10.2 Å². The lowest BCUT2D eigenvalue weighted by Gasteiger charge is -2.23. The highest BCUT2D eigenvalue weighted by atomic mass is 32.2. The number of likely N-dealkylation sites (tertiary alicyclic amines) is 1. The van der Waals surface area contributed by atoms with Crippen LogP contribution in [0.15, 0.2) is 83.8 Å². The topological polar surface area (TPSA) is 79.4 Å². The summed E-state index contributed by atoms with van der Waals surface area (Å²) in [6.45, 7) is 0.662. The van der Waals surface area contributed by atoms with E-state index in [1.807, 2.05) is 35.2 Å². The molecule has 1 fully saturated rings. The third-order valence-corrected chi connectivity index (χ3v) is 8.08. The Balaban J connectivity index is 1.36. The Morgan fingerprint density at radius 1 is 0.969 bits per heavy atom. The van der Waals surface area contributed by atoms with Crippen LogP contribution in [0.4, 0.5) is 5.69 Å². The van der Waals surface area contributed by atoms with Crippen molar-refractivity contribution >= 4 is 43.2 Å². The molecule has 1 N–H and O–H groups in total. The van der Waals surface area contributed by atoms with Crippen molar-refractivity contribution in [3.05, 3.63) is 89.4 Å². The maximum atomic E-state index is 13.2. The second kappa shape index (κ2) is 8.37. The summed E-state index contributed by atoms with van der Waals surface area (Å²) < 4.78 is 29.0. The number of thiazole rings is 1. The number of nitrogens with zero attached hydrogens (tertiary/aromatic N) is 2. The Hall–Kier alpha value is -3.23. The molecular weight excluding hydrogens is 442 g/mol. The predicted octanol–water partition coefficient (Wildman–Crippen LogP) is 5.07. The summed E-state index contributed by atoms with van der Waals surface area (Å²) in [5.41, 5.74) is 1.91. The smallest absolute Gasteiger partial charge is 0.261 e. The first kappa shape index (κ1) is 20.7. The number of rotatable bonds is 5. The average Bonchev–Trinajstić information content (AvgIpc) is 3.46. The van der Waals surface area contributed by atoms with Gasteiger partial charge in [-0.05, 0) is 61.4 Å². The Morgan fingerprint density at radius 2 is 1.69 bits per heavy atom. The molecule has 1 saturated heterocycles.